The molecule has 19 heavy (non-hydrogen) atoms. The number of rotatable bonds is 2. The second kappa shape index (κ2) is 4.86. The molecule has 1 aromatic heterocycles. The Balaban J connectivity index is 1.97. The molecule has 0 spiro atoms. The van der Waals surface area contributed by atoms with E-state index in [0.29, 0.717) is 29.4 Å². The van der Waals surface area contributed by atoms with E-state index in [1.807, 2.05) is 12.1 Å². The fourth-order valence-electron chi connectivity index (χ4n) is 2.02. The summed E-state index contributed by atoms with van der Waals surface area (Å²) in [7, 11) is 0. The highest BCUT2D eigenvalue weighted by molar-refractivity contribution is 9.10. The topological polar surface area (TPSA) is 60.2 Å². The lowest BCUT2D eigenvalue weighted by atomic mass is 10.0. The molecule has 7 heteroatoms. The maximum Gasteiger partial charge on any atom is 0.135 e. The van der Waals surface area contributed by atoms with Crippen LogP contribution in [0.1, 0.15) is 12.1 Å². The van der Waals surface area contributed by atoms with Crippen LogP contribution in [0.5, 0.6) is 0 Å². The summed E-state index contributed by atoms with van der Waals surface area (Å²) in [5, 5.41) is 19.0. The van der Waals surface area contributed by atoms with Gasteiger partial charge in [-0.3, -0.25) is 0 Å². The molecule has 0 radical (unpaired) electrons. The van der Waals surface area contributed by atoms with Crippen LogP contribution < -0.4 is 0 Å². The van der Waals surface area contributed by atoms with Crippen molar-refractivity contribution in [3.05, 3.63) is 39.6 Å². The van der Waals surface area contributed by atoms with Crippen molar-refractivity contribution in [2.75, 3.05) is 13.2 Å². The Hall–Kier alpha value is -0.950. The van der Waals surface area contributed by atoms with Gasteiger partial charge in [0.25, 0.3) is 0 Å². The third-order valence-electron chi connectivity index (χ3n) is 3.13. The normalized spacial score (nSPS) is 22.9. The summed E-state index contributed by atoms with van der Waals surface area (Å²) in [5.41, 5.74) is 0.176. The molecule has 2 heterocycles. The molecule has 0 amide bonds. The van der Waals surface area contributed by atoms with Gasteiger partial charge in [-0.05, 0) is 18.2 Å². The Morgan fingerprint density at radius 1 is 1.47 bits per heavy atom. The van der Waals surface area contributed by atoms with E-state index in [2.05, 4.69) is 26.2 Å². The van der Waals surface area contributed by atoms with Crippen LogP contribution in [0.2, 0.25) is 5.02 Å². The molecule has 1 unspecified atom stereocenters. The van der Waals surface area contributed by atoms with Gasteiger partial charge in [0.1, 0.15) is 11.3 Å². The Bertz CT molecular complexity index is 611. The first-order chi connectivity index (χ1) is 9.08. The maximum absolute atomic E-state index is 10.4. The van der Waals surface area contributed by atoms with Crippen molar-refractivity contribution in [2.45, 2.75) is 12.0 Å². The molecule has 1 fully saturated rings. The lowest BCUT2D eigenvalue weighted by Gasteiger charge is -2.15. The molecule has 3 rings (SSSR count). The Morgan fingerprint density at radius 3 is 3.00 bits per heavy atom. The van der Waals surface area contributed by atoms with Crippen LogP contribution in [0.4, 0.5) is 0 Å². The van der Waals surface area contributed by atoms with E-state index in [1.54, 1.807) is 16.9 Å². The molecule has 1 atom stereocenters. The molecular formula is C12H11BrClN3O2. The number of aliphatic hydroxyl groups is 1. The number of hydrogen-bond donors (Lipinski definition) is 1. The predicted molar refractivity (Wildman–Crippen MR) is 73.4 cm³/mol. The number of aromatic nitrogens is 3. The van der Waals surface area contributed by atoms with Crippen LogP contribution in [0.25, 0.3) is 5.69 Å². The number of halogens is 2. The second-order valence-electron chi connectivity index (χ2n) is 4.48. The van der Waals surface area contributed by atoms with E-state index in [0.717, 1.165) is 4.47 Å². The Morgan fingerprint density at radius 2 is 2.32 bits per heavy atom. The molecule has 1 N–H and O–H groups in total. The summed E-state index contributed by atoms with van der Waals surface area (Å²) in [6.45, 7) is 0.780. The summed E-state index contributed by atoms with van der Waals surface area (Å²) in [6.07, 6.45) is 2.21. The van der Waals surface area contributed by atoms with Gasteiger partial charge in [-0.15, -0.1) is 5.10 Å². The van der Waals surface area contributed by atoms with Crippen molar-refractivity contribution in [1.82, 2.24) is 15.0 Å². The van der Waals surface area contributed by atoms with Crippen LogP contribution in [0, 0.1) is 0 Å². The largest absolute Gasteiger partial charge is 0.381 e. The van der Waals surface area contributed by atoms with Gasteiger partial charge >= 0.3 is 0 Å². The van der Waals surface area contributed by atoms with Gasteiger partial charge < -0.3 is 9.84 Å². The standard InChI is InChI=1S/C12H11BrClN3O2/c13-8-1-2-10(9(14)5-8)17-6-11(15-16-17)12(18)3-4-19-7-12/h1-2,5-6,18H,3-4,7H2. The minimum atomic E-state index is -1.04. The van der Waals surface area contributed by atoms with Crippen molar-refractivity contribution >= 4 is 27.5 Å². The molecular weight excluding hydrogens is 334 g/mol. The molecule has 1 aliphatic rings. The second-order valence-corrected chi connectivity index (χ2v) is 5.80. The van der Waals surface area contributed by atoms with Gasteiger partial charge in [0.15, 0.2) is 0 Å². The molecule has 0 aliphatic carbocycles. The highest BCUT2D eigenvalue weighted by atomic mass is 79.9. The predicted octanol–water partition coefficient (Wildman–Crippen LogP) is 2.29. The van der Waals surface area contributed by atoms with E-state index in [9.17, 15) is 5.11 Å². The summed E-state index contributed by atoms with van der Waals surface area (Å²) >= 11 is 9.51. The molecule has 1 aromatic carbocycles. The molecule has 2 aromatic rings. The van der Waals surface area contributed by atoms with Gasteiger partial charge in [-0.1, -0.05) is 32.7 Å². The van der Waals surface area contributed by atoms with Crippen molar-refractivity contribution in [3.8, 4) is 5.69 Å². The number of nitrogens with zero attached hydrogens (tertiary/aromatic N) is 3. The number of benzene rings is 1. The molecule has 100 valence electrons. The first kappa shape index (κ1) is 13.1. The molecule has 1 aliphatic heterocycles. The zero-order valence-corrected chi connectivity index (χ0v) is 12.2. The first-order valence-corrected chi connectivity index (χ1v) is 6.94. The molecule has 0 bridgehead atoms. The van der Waals surface area contributed by atoms with E-state index < -0.39 is 5.60 Å². The van der Waals surface area contributed by atoms with Gasteiger partial charge in [0.2, 0.25) is 0 Å². The van der Waals surface area contributed by atoms with Crippen molar-refractivity contribution in [1.29, 1.82) is 0 Å². The quantitative estimate of drug-likeness (QED) is 0.908. The average molecular weight is 345 g/mol. The minimum absolute atomic E-state index is 0.250. The fourth-order valence-corrected chi connectivity index (χ4v) is 2.78. The summed E-state index contributed by atoms with van der Waals surface area (Å²) in [6, 6.07) is 5.49. The van der Waals surface area contributed by atoms with Gasteiger partial charge in [0.05, 0.1) is 23.5 Å². The lowest BCUT2D eigenvalue weighted by Crippen LogP contribution is -2.26. The van der Waals surface area contributed by atoms with Crippen LogP contribution in [-0.4, -0.2) is 33.3 Å². The van der Waals surface area contributed by atoms with E-state index in [-0.39, 0.29) is 6.61 Å². The highest BCUT2D eigenvalue weighted by Gasteiger charge is 2.37. The van der Waals surface area contributed by atoms with Crippen molar-refractivity contribution < 1.29 is 9.84 Å². The smallest absolute Gasteiger partial charge is 0.135 e. The summed E-state index contributed by atoms with van der Waals surface area (Å²) < 4.78 is 7.66. The lowest BCUT2D eigenvalue weighted by molar-refractivity contribution is 0.0193. The van der Waals surface area contributed by atoms with E-state index >= 15 is 0 Å². The minimum Gasteiger partial charge on any atom is -0.381 e. The number of ether oxygens (including phenoxy) is 1. The third kappa shape index (κ3) is 2.41. The first-order valence-electron chi connectivity index (χ1n) is 5.77. The molecule has 0 saturated carbocycles. The Labute approximate surface area is 123 Å². The van der Waals surface area contributed by atoms with Crippen molar-refractivity contribution in [2.24, 2.45) is 0 Å². The zero-order chi connectivity index (χ0) is 13.5. The van der Waals surface area contributed by atoms with Crippen LogP contribution in [-0.2, 0) is 10.3 Å². The molecule has 1 saturated heterocycles. The van der Waals surface area contributed by atoms with E-state index in [4.69, 9.17) is 16.3 Å². The Kier molecular flexibility index (Phi) is 3.34. The monoisotopic (exact) mass is 343 g/mol. The average Bonchev–Trinajstić information content (AvgIpc) is 2.99. The van der Waals surface area contributed by atoms with Crippen LogP contribution >= 0.6 is 27.5 Å². The van der Waals surface area contributed by atoms with Crippen molar-refractivity contribution in [3.63, 3.8) is 0 Å². The van der Waals surface area contributed by atoms with Crippen LogP contribution in [0.3, 0.4) is 0 Å². The molecule has 5 nitrogen and oxygen atoms in total. The van der Waals surface area contributed by atoms with Gasteiger partial charge in [-0.2, -0.15) is 0 Å². The SMILES string of the molecule is OC1(c2cn(-c3ccc(Br)cc3Cl)nn2)CCOC1. The van der Waals surface area contributed by atoms with E-state index in [1.165, 1.54) is 0 Å². The zero-order valence-electron chi connectivity index (χ0n) is 9.88. The maximum atomic E-state index is 10.4. The van der Waals surface area contributed by atoms with Crippen LogP contribution in [0.15, 0.2) is 28.9 Å². The fraction of sp³-hybridized carbons (Fsp3) is 0.333. The highest BCUT2D eigenvalue weighted by Crippen LogP contribution is 2.30. The summed E-state index contributed by atoms with van der Waals surface area (Å²) in [5.74, 6) is 0. The summed E-state index contributed by atoms with van der Waals surface area (Å²) in [4.78, 5) is 0. The number of hydrogen-bond acceptors (Lipinski definition) is 4. The third-order valence-corrected chi connectivity index (χ3v) is 3.92. The van der Waals surface area contributed by atoms with Gasteiger partial charge in [-0.25, -0.2) is 4.68 Å². The van der Waals surface area contributed by atoms with Gasteiger partial charge in [0, 0.05) is 17.5 Å².